The number of rotatable bonds is 7. The van der Waals surface area contributed by atoms with Crippen molar-refractivity contribution in [3.63, 3.8) is 0 Å². The number of piperidine rings is 1. The van der Waals surface area contributed by atoms with Crippen LogP contribution in [0.25, 0.3) is 22.2 Å². The van der Waals surface area contributed by atoms with Crippen LogP contribution in [0.15, 0.2) is 41.5 Å². The Kier molecular flexibility index (Phi) is 13.0. The second-order valence-corrected chi connectivity index (χ2v) is 18.1. The molecule has 2 unspecified atom stereocenters. The molecule has 0 spiro atoms. The lowest BCUT2D eigenvalue weighted by Gasteiger charge is -2.41. The summed E-state index contributed by atoms with van der Waals surface area (Å²) in [6.45, 7) is 10.0. The van der Waals surface area contributed by atoms with Gasteiger partial charge in [0.15, 0.2) is 0 Å². The molecule has 3 aromatic rings. The number of thiocarbonyl (C=S) groups is 1. The maximum atomic E-state index is 14.5. The number of esters is 1. The van der Waals surface area contributed by atoms with Gasteiger partial charge in [-0.25, -0.2) is 0 Å². The topological polar surface area (TPSA) is 139 Å². The summed E-state index contributed by atoms with van der Waals surface area (Å²) >= 11 is 11.7. The average Bonchev–Trinajstić information content (AvgIpc) is 3.81. The van der Waals surface area contributed by atoms with Crippen LogP contribution >= 0.6 is 36.8 Å². The largest absolute Gasteiger partial charge is 0.464 e. The molecule has 13 nitrogen and oxygen atoms in total. The van der Waals surface area contributed by atoms with E-state index in [0.29, 0.717) is 64.0 Å². The summed E-state index contributed by atoms with van der Waals surface area (Å²) in [5.41, 5.74) is 5.37. The van der Waals surface area contributed by atoms with Crippen LogP contribution in [0.5, 0.6) is 0 Å². The standard InChI is InChI=1S/C42H53N7O6S3/c1-6-47-33-12-11-27-19-29(33)30(38(47)28-9-7-15-43-37(28)35(22-56)54-5)21-42(3,4)24-55-41(53)34-10-8-16-48(49(34)57)40(52)31(20-36-44-32(27)23-58-36)45-39(51)26-13-17-46(18-14-26)25(2)50/h7,9,11-12,15,19,22,26,31-32,34-35,57H,6,8,10,13-14,16-18,20-21,23-24H2,1-5H3,(H,45,51)/t31?,32?,34-,35-/m0/s1. The quantitative estimate of drug-likeness (QED) is 0.168. The van der Waals surface area contributed by atoms with Gasteiger partial charge < -0.3 is 24.3 Å². The molecule has 16 heteroatoms. The van der Waals surface area contributed by atoms with E-state index in [1.807, 2.05) is 6.07 Å². The van der Waals surface area contributed by atoms with Gasteiger partial charge in [-0.3, -0.25) is 34.2 Å². The minimum Gasteiger partial charge on any atom is -0.464 e. The SMILES string of the molecule is CCn1c(-c2cccnc2[C@H](C=S)OC)c2c3cc(ccc31)C1CSC(=N1)CC(NC(=O)C1CCN(C(C)=O)CC1)C(=O)N1CCC[C@@H](C(=O)OCC(C)(C)C2)N1S. The molecule has 0 radical (unpaired) electrons. The third-order valence-electron chi connectivity index (χ3n) is 11.8. The zero-order valence-corrected chi connectivity index (χ0v) is 36.3. The molecule has 2 aromatic heterocycles. The summed E-state index contributed by atoms with van der Waals surface area (Å²) in [5.74, 6) is -0.698. The molecule has 2 saturated heterocycles. The number of cyclic esters (lactones) is 1. The van der Waals surface area contributed by atoms with Gasteiger partial charge in [0, 0.05) is 91.7 Å². The van der Waals surface area contributed by atoms with Crippen LogP contribution in [0, 0.1) is 11.3 Å². The van der Waals surface area contributed by atoms with Crippen molar-refractivity contribution in [3.05, 3.63) is 53.3 Å². The van der Waals surface area contributed by atoms with Crippen LogP contribution in [-0.4, -0.2) is 109 Å². The van der Waals surface area contributed by atoms with Gasteiger partial charge in [-0.05, 0) is 74.4 Å². The number of likely N-dealkylation sites (tertiary alicyclic amines) is 1. The molecule has 3 amide bonds. The fourth-order valence-electron chi connectivity index (χ4n) is 8.68. The number of hydrogen-bond acceptors (Lipinski definition) is 12. The number of nitrogens with zero attached hydrogens (tertiary/aromatic N) is 6. The molecule has 2 fully saturated rings. The number of amides is 3. The van der Waals surface area contributed by atoms with Crippen molar-refractivity contribution in [1.82, 2.24) is 29.2 Å². The highest BCUT2D eigenvalue weighted by molar-refractivity contribution is 8.14. The average molecular weight is 848 g/mol. The number of methoxy groups -OCH3 is 1. The summed E-state index contributed by atoms with van der Waals surface area (Å²) < 4.78 is 15.6. The summed E-state index contributed by atoms with van der Waals surface area (Å²) in [4.78, 5) is 65.8. The maximum Gasteiger partial charge on any atom is 0.326 e. The number of aliphatic imine (C=N–C) groups is 1. The van der Waals surface area contributed by atoms with Gasteiger partial charge in [-0.2, -0.15) is 4.41 Å². The number of benzene rings is 1. The lowest BCUT2D eigenvalue weighted by molar-refractivity contribution is -0.164. The molecule has 1 N–H and O–H groups in total. The van der Waals surface area contributed by atoms with Crippen molar-refractivity contribution < 1.29 is 28.7 Å². The van der Waals surface area contributed by atoms with Gasteiger partial charge in [-0.1, -0.05) is 44.9 Å². The normalized spacial score (nSPS) is 23.9. The molecule has 4 atom stereocenters. The van der Waals surface area contributed by atoms with Gasteiger partial charge in [-0.15, -0.1) is 11.8 Å². The Balaban J connectivity index is 1.31. The van der Waals surface area contributed by atoms with E-state index in [1.54, 1.807) is 35.3 Å². The molecule has 6 bridgehead atoms. The number of hydrazine groups is 1. The smallest absolute Gasteiger partial charge is 0.326 e. The number of ether oxygens (including phenoxy) is 2. The van der Waals surface area contributed by atoms with E-state index in [4.69, 9.17) is 44.5 Å². The van der Waals surface area contributed by atoms with Gasteiger partial charge in [0.05, 0.1) is 29.1 Å². The number of carbonyl (C=O) groups is 4. The van der Waals surface area contributed by atoms with E-state index >= 15 is 0 Å². The first-order chi connectivity index (χ1) is 27.8. The Morgan fingerprint density at radius 2 is 1.95 bits per heavy atom. The van der Waals surface area contributed by atoms with E-state index in [2.05, 4.69) is 54.9 Å². The van der Waals surface area contributed by atoms with Crippen LogP contribution in [0.3, 0.4) is 0 Å². The second-order valence-electron chi connectivity index (χ2n) is 16.4. The minimum absolute atomic E-state index is 0.0111. The number of nitrogens with one attached hydrogen (secondary N) is 1. The Labute approximate surface area is 355 Å². The predicted molar refractivity (Wildman–Crippen MR) is 232 cm³/mol. The second kappa shape index (κ2) is 17.8. The molecule has 0 saturated carbocycles. The molecule has 58 heavy (non-hydrogen) atoms. The van der Waals surface area contributed by atoms with E-state index < -0.39 is 29.6 Å². The number of carbonyl (C=O) groups excluding carboxylic acids is 4. The zero-order valence-electron chi connectivity index (χ0n) is 33.8. The lowest BCUT2D eigenvalue weighted by atomic mass is 9.84. The molecule has 310 valence electrons. The first kappa shape index (κ1) is 42.3. The highest BCUT2D eigenvalue weighted by Gasteiger charge is 2.41. The van der Waals surface area contributed by atoms with Crippen LogP contribution in [0.4, 0.5) is 0 Å². The van der Waals surface area contributed by atoms with Crippen molar-refractivity contribution in [3.8, 4) is 11.3 Å². The summed E-state index contributed by atoms with van der Waals surface area (Å²) in [6.07, 6.45) is 4.10. The predicted octanol–water partition coefficient (Wildman–Crippen LogP) is 5.91. The molecule has 1 aromatic carbocycles. The molecule has 0 aliphatic carbocycles. The zero-order chi connectivity index (χ0) is 41.3. The van der Waals surface area contributed by atoms with Crippen LogP contribution < -0.4 is 5.32 Å². The maximum absolute atomic E-state index is 14.5. The van der Waals surface area contributed by atoms with Crippen molar-refractivity contribution >= 4 is 81.8 Å². The minimum atomic E-state index is -0.933. The molecule has 7 rings (SSSR count). The van der Waals surface area contributed by atoms with E-state index in [-0.39, 0.29) is 42.7 Å². The third kappa shape index (κ3) is 8.58. The van der Waals surface area contributed by atoms with E-state index in [9.17, 15) is 19.2 Å². The molecular weight excluding hydrogens is 795 g/mol. The molecule has 6 heterocycles. The number of hydrogen-bond donors (Lipinski definition) is 2. The number of pyridine rings is 1. The first-order valence-electron chi connectivity index (χ1n) is 20.1. The summed E-state index contributed by atoms with van der Waals surface area (Å²) in [5, 5.41) is 7.98. The number of thioether (sulfide) groups is 1. The number of thiol groups is 1. The van der Waals surface area contributed by atoms with Crippen LogP contribution in [-0.2, 0) is 41.6 Å². The molecule has 4 aliphatic rings. The Morgan fingerprint density at radius 3 is 2.66 bits per heavy atom. The highest BCUT2D eigenvalue weighted by Crippen LogP contribution is 2.43. The number of aromatic nitrogens is 2. The fraction of sp³-hybridized carbons (Fsp3) is 0.548. The Bertz CT molecular complexity index is 2110. The monoisotopic (exact) mass is 847 g/mol. The molecule has 4 aliphatic heterocycles. The van der Waals surface area contributed by atoms with Gasteiger partial charge in [0.1, 0.15) is 18.2 Å². The Morgan fingerprint density at radius 1 is 1.17 bits per heavy atom. The number of fused-ring (bicyclic) bond motifs is 5. The van der Waals surface area contributed by atoms with Crippen LogP contribution in [0.1, 0.15) is 88.8 Å². The van der Waals surface area contributed by atoms with Crippen molar-refractivity contribution in [2.75, 3.05) is 39.1 Å². The Hall–Kier alpha value is -3.83. The van der Waals surface area contributed by atoms with E-state index in [0.717, 1.165) is 44.0 Å². The van der Waals surface area contributed by atoms with Crippen molar-refractivity contribution in [2.24, 2.45) is 16.3 Å². The fourth-order valence-corrected chi connectivity index (χ4v) is 10.4. The number of aryl methyl sites for hydroxylation is 1. The molecular formula is C42H53N7O6S3. The lowest BCUT2D eigenvalue weighted by Crippen LogP contribution is -2.59. The summed E-state index contributed by atoms with van der Waals surface area (Å²) in [7, 11) is 1.63. The third-order valence-corrected chi connectivity index (χ3v) is 13.6. The van der Waals surface area contributed by atoms with Gasteiger partial charge in [0.2, 0.25) is 11.8 Å². The van der Waals surface area contributed by atoms with Crippen molar-refractivity contribution in [1.29, 1.82) is 0 Å². The van der Waals surface area contributed by atoms with Gasteiger partial charge >= 0.3 is 5.97 Å². The summed E-state index contributed by atoms with van der Waals surface area (Å²) in [6, 6.07) is 8.63. The first-order valence-corrected chi connectivity index (χ1v) is 22.0. The van der Waals surface area contributed by atoms with E-state index in [1.165, 1.54) is 16.3 Å². The highest BCUT2D eigenvalue weighted by atomic mass is 32.2. The van der Waals surface area contributed by atoms with Gasteiger partial charge in [0.25, 0.3) is 5.91 Å². The van der Waals surface area contributed by atoms with Crippen molar-refractivity contribution in [2.45, 2.75) is 97.0 Å². The van der Waals surface area contributed by atoms with Crippen LogP contribution in [0.2, 0.25) is 0 Å².